The Labute approximate surface area is 177 Å². The maximum absolute atomic E-state index is 13.1. The summed E-state index contributed by atoms with van der Waals surface area (Å²) in [6.45, 7) is 2.33. The first-order chi connectivity index (χ1) is 14.1. The van der Waals surface area contributed by atoms with Crippen LogP contribution in [0.1, 0.15) is 27.0 Å². The van der Waals surface area contributed by atoms with Gasteiger partial charge in [-0.05, 0) is 24.6 Å². The number of amides is 1. The van der Waals surface area contributed by atoms with Crippen LogP contribution < -0.4 is 5.32 Å². The Morgan fingerprint density at radius 1 is 1.17 bits per heavy atom. The molecule has 29 heavy (non-hydrogen) atoms. The summed E-state index contributed by atoms with van der Waals surface area (Å²) in [7, 11) is 0. The molecule has 2 heterocycles. The predicted octanol–water partition coefficient (Wildman–Crippen LogP) is 4.53. The summed E-state index contributed by atoms with van der Waals surface area (Å²) in [4.78, 5) is 22.2. The molecule has 0 saturated heterocycles. The van der Waals surface area contributed by atoms with Crippen LogP contribution in [0, 0.1) is 6.92 Å². The van der Waals surface area contributed by atoms with Crippen molar-refractivity contribution < 1.29 is 4.79 Å². The van der Waals surface area contributed by atoms with Gasteiger partial charge in [0.05, 0.1) is 18.3 Å². The summed E-state index contributed by atoms with van der Waals surface area (Å²) >= 11 is 7.34. The topological polar surface area (TPSA) is 72.7 Å². The van der Waals surface area contributed by atoms with Crippen LogP contribution in [0.2, 0.25) is 5.02 Å². The SMILES string of the molecule is Cc1nc(-c2ccc(Cl)cc2)sc1C(=O)NC(Cn1cncn1)c1ccccc1. The van der Waals surface area contributed by atoms with Crippen LogP contribution in [0.15, 0.2) is 67.3 Å². The van der Waals surface area contributed by atoms with Crippen LogP contribution in [-0.4, -0.2) is 25.7 Å². The van der Waals surface area contributed by atoms with E-state index in [4.69, 9.17) is 11.6 Å². The minimum Gasteiger partial charge on any atom is -0.343 e. The minimum absolute atomic E-state index is 0.158. The van der Waals surface area contributed by atoms with Gasteiger partial charge < -0.3 is 5.32 Å². The summed E-state index contributed by atoms with van der Waals surface area (Å²) in [6.07, 6.45) is 3.12. The molecule has 2 aromatic carbocycles. The molecule has 0 radical (unpaired) electrons. The van der Waals surface area contributed by atoms with Crippen LogP contribution in [0.25, 0.3) is 10.6 Å². The van der Waals surface area contributed by atoms with Crippen LogP contribution in [0.4, 0.5) is 0 Å². The van der Waals surface area contributed by atoms with E-state index in [0.29, 0.717) is 22.1 Å². The predicted molar refractivity (Wildman–Crippen MR) is 114 cm³/mol. The van der Waals surface area contributed by atoms with E-state index in [2.05, 4.69) is 20.4 Å². The smallest absolute Gasteiger partial charge is 0.263 e. The maximum Gasteiger partial charge on any atom is 0.263 e. The maximum atomic E-state index is 13.1. The van der Waals surface area contributed by atoms with Crippen molar-refractivity contribution in [2.75, 3.05) is 0 Å². The first kappa shape index (κ1) is 19.3. The molecule has 0 aliphatic heterocycles. The molecule has 0 aliphatic rings. The van der Waals surface area contributed by atoms with E-state index in [1.807, 2.05) is 61.5 Å². The fourth-order valence-electron chi connectivity index (χ4n) is 2.98. The van der Waals surface area contributed by atoms with Crippen molar-refractivity contribution in [1.29, 1.82) is 0 Å². The van der Waals surface area contributed by atoms with E-state index in [9.17, 15) is 4.79 Å². The molecule has 1 amide bonds. The molecule has 4 aromatic rings. The monoisotopic (exact) mass is 423 g/mol. The Kier molecular flexibility index (Phi) is 5.69. The molecule has 0 aliphatic carbocycles. The number of thiazole rings is 1. The number of nitrogens with zero attached hydrogens (tertiary/aromatic N) is 4. The highest BCUT2D eigenvalue weighted by atomic mass is 35.5. The second-order valence-electron chi connectivity index (χ2n) is 6.49. The highest BCUT2D eigenvalue weighted by Gasteiger charge is 2.21. The number of hydrogen-bond acceptors (Lipinski definition) is 5. The van der Waals surface area contributed by atoms with Crippen molar-refractivity contribution in [2.45, 2.75) is 19.5 Å². The van der Waals surface area contributed by atoms with E-state index in [-0.39, 0.29) is 11.9 Å². The summed E-state index contributed by atoms with van der Waals surface area (Å²) in [6, 6.07) is 17.0. The van der Waals surface area contributed by atoms with Crippen molar-refractivity contribution in [1.82, 2.24) is 25.1 Å². The number of carbonyl (C=O) groups is 1. The van der Waals surface area contributed by atoms with Crippen LogP contribution in [0.3, 0.4) is 0 Å². The normalized spacial score (nSPS) is 11.9. The van der Waals surface area contributed by atoms with E-state index < -0.39 is 0 Å². The fraction of sp³-hybridized carbons (Fsp3) is 0.143. The van der Waals surface area contributed by atoms with Crippen molar-refractivity contribution >= 4 is 28.8 Å². The highest BCUT2D eigenvalue weighted by Crippen LogP contribution is 2.29. The fourth-order valence-corrected chi connectivity index (χ4v) is 4.08. The van der Waals surface area contributed by atoms with Crippen LogP contribution >= 0.6 is 22.9 Å². The summed E-state index contributed by atoms with van der Waals surface area (Å²) < 4.78 is 1.70. The molecular formula is C21H18ClN5OS. The van der Waals surface area contributed by atoms with E-state index >= 15 is 0 Å². The van der Waals surface area contributed by atoms with Gasteiger partial charge in [0.25, 0.3) is 5.91 Å². The van der Waals surface area contributed by atoms with E-state index in [1.165, 1.54) is 17.7 Å². The number of halogens is 1. The van der Waals surface area contributed by atoms with E-state index in [0.717, 1.165) is 16.1 Å². The molecule has 1 unspecified atom stereocenters. The number of rotatable bonds is 6. The first-order valence-electron chi connectivity index (χ1n) is 9.02. The molecule has 0 saturated carbocycles. The van der Waals surface area contributed by atoms with Gasteiger partial charge in [0.2, 0.25) is 0 Å². The lowest BCUT2D eigenvalue weighted by Crippen LogP contribution is -2.31. The van der Waals surface area contributed by atoms with Gasteiger partial charge in [-0.1, -0.05) is 54.1 Å². The van der Waals surface area contributed by atoms with Gasteiger partial charge in [-0.3, -0.25) is 9.48 Å². The number of carbonyl (C=O) groups excluding carboxylic acids is 1. The minimum atomic E-state index is -0.245. The molecule has 1 N–H and O–H groups in total. The van der Waals surface area contributed by atoms with Gasteiger partial charge >= 0.3 is 0 Å². The Morgan fingerprint density at radius 2 is 1.93 bits per heavy atom. The standard InChI is InChI=1S/C21H18ClN5OS/c1-14-19(29-21(25-14)16-7-9-17(22)10-8-16)20(28)26-18(11-27-13-23-12-24-27)15-5-3-2-4-6-15/h2-10,12-13,18H,11H2,1H3,(H,26,28). The Bertz CT molecular complexity index is 1090. The third-order valence-electron chi connectivity index (χ3n) is 4.44. The average Bonchev–Trinajstić information content (AvgIpc) is 3.38. The number of benzene rings is 2. The Morgan fingerprint density at radius 3 is 2.62 bits per heavy atom. The molecule has 6 nitrogen and oxygen atoms in total. The molecule has 1 atom stereocenters. The van der Waals surface area contributed by atoms with Crippen molar-refractivity contribution in [3.05, 3.63) is 88.4 Å². The molecule has 4 rings (SSSR count). The van der Waals surface area contributed by atoms with Crippen molar-refractivity contribution in [3.8, 4) is 10.6 Å². The Balaban J connectivity index is 1.58. The summed E-state index contributed by atoms with van der Waals surface area (Å²) in [5.74, 6) is -0.158. The molecule has 0 bridgehead atoms. The third kappa shape index (κ3) is 4.52. The lowest BCUT2D eigenvalue weighted by molar-refractivity contribution is 0.0935. The number of aromatic nitrogens is 4. The van der Waals surface area contributed by atoms with Crippen molar-refractivity contribution in [3.63, 3.8) is 0 Å². The number of aryl methyl sites for hydroxylation is 1. The molecule has 2 aromatic heterocycles. The average molecular weight is 424 g/mol. The quantitative estimate of drug-likeness (QED) is 0.494. The second kappa shape index (κ2) is 8.55. The molecule has 0 spiro atoms. The number of nitrogens with one attached hydrogen (secondary N) is 1. The van der Waals surface area contributed by atoms with Crippen molar-refractivity contribution in [2.24, 2.45) is 0 Å². The second-order valence-corrected chi connectivity index (χ2v) is 7.93. The lowest BCUT2D eigenvalue weighted by atomic mass is 10.1. The summed E-state index contributed by atoms with van der Waals surface area (Å²) in [5.41, 5.74) is 2.63. The van der Waals surface area contributed by atoms with Gasteiger partial charge in [-0.15, -0.1) is 11.3 Å². The van der Waals surface area contributed by atoms with Crippen LogP contribution in [0.5, 0.6) is 0 Å². The molecule has 0 fully saturated rings. The highest BCUT2D eigenvalue weighted by molar-refractivity contribution is 7.17. The molecular weight excluding hydrogens is 406 g/mol. The van der Waals surface area contributed by atoms with Gasteiger partial charge in [-0.2, -0.15) is 5.10 Å². The van der Waals surface area contributed by atoms with E-state index in [1.54, 1.807) is 11.0 Å². The first-order valence-corrected chi connectivity index (χ1v) is 10.2. The van der Waals surface area contributed by atoms with Crippen LogP contribution in [-0.2, 0) is 6.54 Å². The van der Waals surface area contributed by atoms with Gasteiger partial charge in [0.1, 0.15) is 22.5 Å². The molecule has 146 valence electrons. The zero-order valence-electron chi connectivity index (χ0n) is 15.6. The zero-order chi connectivity index (χ0) is 20.2. The van der Waals surface area contributed by atoms with Gasteiger partial charge in [0, 0.05) is 10.6 Å². The van der Waals surface area contributed by atoms with Gasteiger partial charge in [0.15, 0.2) is 0 Å². The molecule has 8 heteroatoms. The number of hydrogen-bond donors (Lipinski definition) is 1. The largest absolute Gasteiger partial charge is 0.343 e. The third-order valence-corrected chi connectivity index (χ3v) is 5.89. The van der Waals surface area contributed by atoms with Gasteiger partial charge in [-0.25, -0.2) is 9.97 Å². The Hall–Kier alpha value is -3.03. The zero-order valence-corrected chi connectivity index (χ0v) is 17.2. The summed E-state index contributed by atoms with van der Waals surface area (Å²) in [5, 5.41) is 8.74. The lowest BCUT2D eigenvalue weighted by Gasteiger charge is -2.19.